The predicted molar refractivity (Wildman–Crippen MR) is 129 cm³/mol. The van der Waals surface area contributed by atoms with Crippen molar-refractivity contribution in [2.24, 2.45) is 0 Å². The molecule has 0 saturated carbocycles. The van der Waals surface area contributed by atoms with E-state index in [0.717, 1.165) is 43.9 Å². The van der Waals surface area contributed by atoms with Crippen LogP contribution in [0.3, 0.4) is 0 Å². The van der Waals surface area contributed by atoms with Crippen molar-refractivity contribution in [3.05, 3.63) is 51.9 Å². The molecule has 2 aromatic rings. The van der Waals surface area contributed by atoms with Gasteiger partial charge in [0, 0.05) is 11.5 Å². The highest BCUT2D eigenvalue weighted by Crippen LogP contribution is 2.33. The molecule has 0 spiro atoms. The minimum Gasteiger partial charge on any atom is -0.497 e. The number of aromatic amines is 1. The third-order valence-electron chi connectivity index (χ3n) is 5.13. The van der Waals surface area contributed by atoms with Crippen molar-refractivity contribution in [3.8, 4) is 17.2 Å². The van der Waals surface area contributed by atoms with Gasteiger partial charge >= 0.3 is 0 Å². The van der Waals surface area contributed by atoms with Crippen molar-refractivity contribution < 1.29 is 14.2 Å². The van der Waals surface area contributed by atoms with Crippen LogP contribution >= 0.6 is 0 Å². The largest absolute Gasteiger partial charge is 0.497 e. The van der Waals surface area contributed by atoms with Crippen LogP contribution in [-0.2, 0) is 0 Å². The molecule has 170 valence electrons. The van der Waals surface area contributed by atoms with E-state index in [1.807, 2.05) is 12.1 Å². The number of H-pyrrole nitrogens is 1. The van der Waals surface area contributed by atoms with Crippen molar-refractivity contribution >= 4 is 10.9 Å². The second-order valence-corrected chi connectivity index (χ2v) is 8.11. The molecule has 1 aromatic heterocycles. The zero-order valence-corrected chi connectivity index (χ0v) is 19.7. The summed E-state index contributed by atoms with van der Waals surface area (Å²) in [6, 6.07) is 5.56. The first kappa shape index (κ1) is 24.6. The summed E-state index contributed by atoms with van der Waals surface area (Å²) in [6.45, 7) is 9.38. The molecule has 0 unspecified atom stereocenters. The maximum atomic E-state index is 12.8. The van der Waals surface area contributed by atoms with Crippen LogP contribution in [0.25, 0.3) is 10.9 Å². The first-order valence-electron chi connectivity index (χ1n) is 11.2. The molecular formula is C26H37NO4. The van der Waals surface area contributed by atoms with Gasteiger partial charge in [-0.2, -0.15) is 0 Å². The third-order valence-corrected chi connectivity index (χ3v) is 5.13. The lowest BCUT2D eigenvalue weighted by molar-refractivity contribution is 0.274. The molecule has 0 saturated heterocycles. The number of ether oxygens (including phenoxy) is 3. The van der Waals surface area contributed by atoms with Crippen LogP contribution in [-0.4, -0.2) is 25.3 Å². The SMILES string of the molecule is CCCCCCOc1c(OC/C=C(\C)CCC=C(C)C)c2ccc(OC)cc2[nH]c1=O. The lowest BCUT2D eigenvalue weighted by Gasteiger charge is -2.14. The van der Waals surface area contributed by atoms with Gasteiger partial charge in [0.15, 0.2) is 5.75 Å². The van der Waals surface area contributed by atoms with E-state index in [9.17, 15) is 4.79 Å². The number of fused-ring (bicyclic) bond motifs is 1. The Balaban J connectivity index is 2.23. The number of pyridine rings is 1. The lowest BCUT2D eigenvalue weighted by atomic mass is 10.1. The Morgan fingerprint density at radius 1 is 1.03 bits per heavy atom. The van der Waals surface area contributed by atoms with Gasteiger partial charge < -0.3 is 19.2 Å². The molecule has 0 aliphatic rings. The fourth-order valence-electron chi connectivity index (χ4n) is 3.29. The molecule has 1 N–H and O–H groups in total. The summed E-state index contributed by atoms with van der Waals surface area (Å²) >= 11 is 0. The highest BCUT2D eigenvalue weighted by atomic mass is 16.5. The number of methoxy groups -OCH3 is 1. The van der Waals surface area contributed by atoms with Crippen LogP contribution in [0.4, 0.5) is 0 Å². The maximum absolute atomic E-state index is 12.8. The molecule has 0 radical (unpaired) electrons. The zero-order valence-electron chi connectivity index (χ0n) is 19.7. The van der Waals surface area contributed by atoms with E-state index in [4.69, 9.17) is 14.2 Å². The molecule has 0 aliphatic heterocycles. The summed E-state index contributed by atoms with van der Waals surface area (Å²) < 4.78 is 17.3. The minimum atomic E-state index is -0.282. The molecule has 5 heteroatoms. The standard InChI is InChI=1S/C26H37NO4/c1-6-7-8-9-16-30-25-24(31-17-15-20(4)12-10-11-19(2)3)22-14-13-21(29-5)18-23(22)27-26(25)28/h11,13-15,18H,6-10,12,16-17H2,1-5H3,(H,27,28)/b20-15+. The molecule has 0 atom stereocenters. The van der Waals surface area contributed by atoms with E-state index in [0.29, 0.717) is 30.2 Å². The highest BCUT2D eigenvalue weighted by molar-refractivity contribution is 5.88. The van der Waals surface area contributed by atoms with Crippen molar-refractivity contribution in [1.82, 2.24) is 4.98 Å². The number of aromatic nitrogens is 1. The molecule has 0 fully saturated rings. The van der Waals surface area contributed by atoms with Crippen molar-refractivity contribution in [2.75, 3.05) is 20.3 Å². The number of benzene rings is 1. The summed E-state index contributed by atoms with van der Waals surface area (Å²) in [5.74, 6) is 1.42. The van der Waals surface area contributed by atoms with Crippen LogP contribution in [0, 0.1) is 0 Å². The van der Waals surface area contributed by atoms with Crippen molar-refractivity contribution in [2.45, 2.75) is 66.2 Å². The molecule has 0 amide bonds. The minimum absolute atomic E-state index is 0.254. The van der Waals surface area contributed by atoms with E-state index in [2.05, 4.69) is 44.8 Å². The van der Waals surface area contributed by atoms with E-state index < -0.39 is 0 Å². The second-order valence-electron chi connectivity index (χ2n) is 8.11. The Morgan fingerprint density at radius 2 is 1.84 bits per heavy atom. The highest BCUT2D eigenvalue weighted by Gasteiger charge is 2.16. The summed E-state index contributed by atoms with van der Waals surface area (Å²) in [5, 5.41) is 0.805. The average molecular weight is 428 g/mol. The monoisotopic (exact) mass is 427 g/mol. The molecule has 0 aliphatic carbocycles. The summed E-state index contributed by atoms with van der Waals surface area (Å²) in [6.07, 6.45) is 10.6. The van der Waals surface area contributed by atoms with Gasteiger partial charge in [0.25, 0.3) is 5.56 Å². The van der Waals surface area contributed by atoms with Crippen molar-refractivity contribution in [1.29, 1.82) is 0 Å². The Labute approximate surface area is 186 Å². The second kappa shape index (κ2) is 12.9. The predicted octanol–water partition coefficient (Wildman–Crippen LogP) is 6.57. The van der Waals surface area contributed by atoms with Gasteiger partial charge in [-0.3, -0.25) is 4.79 Å². The quantitative estimate of drug-likeness (QED) is 0.290. The summed E-state index contributed by atoms with van der Waals surface area (Å²) in [4.78, 5) is 15.7. The van der Waals surface area contributed by atoms with Crippen LogP contribution in [0.2, 0.25) is 0 Å². The maximum Gasteiger partial charge on any atom is 0.294 e. The van der Waals surface area contributed by atoms with E-state index in [1.54, 1.807) is 13.2 Å². The average Bonchev–Trinajstić information content (AvgIpc) is 2.74. The van der Waals surface area contributed by atoms with E-state index >= 15 is 0 Å². The normalized spacial score (nSPS) is 11.5. The number of nitrogens with one attached hydrogen (secondary N) is 1. The Morgan fingerprint density at radius 3 is 2.55 bits per heavy atom. The number of unbranched alkanes of at least 4 members (excludes halogenated alkanes) is 3. The van der Waals surface area contributed by atoms with Gasteiger partial charge in [0.05, 0.1) is 19.2 Å². The van der Waals surface area contributed by atoms with Crippen LogP contribution in [0.15, 0.2) is 46.3 Å². The summed E-state index contributed by atoms with van der Waals surface area (Å²) in [7, 11) is 1.60. The number of hydrogen-bond acceptors (Lipinski definition) is 4. The first-order valence-corrected chi connectivity index (χ1v) is 11.2. The third kappa shape index (κ3) is 7.82. The first-order chi connectivity index (χ1) is 15.0. The van der Waals surface area contributed by atoms with Crippen LogP contribution < -0.4 is 19.8 Å². The smallest absolute Gasteiger partial charge is 0.294 e. The molecule has 31 heavy (non-hydrogen) atoms. The van der Waals surface area contributed by atoms with Crippen molar-refractivity contribution in [3.63, 3.8) is 0 Å². The van der Waals surface area contributed by atoms with Gasteiger partial charge in [0.2, 0.25) is 5.75 Å². The Kier molecular flexibility index (Phi) is 10.2. The molecule has 0 bridgehead atoms. The lowest BCUT2D eigenvalue weighted by Crippen LogP contribution is -2.15. The Hall–Kier alpha value is -2.69. The number of rotatable bonds is 13. The van der Waals surface area contributed by atoms with Crippen LogP contribution in [0.5, 0.6) is 17.2 Å². The van der Waals surface area contributed by atoms with Crippen LogP contribution in [0.1, 0.15) is 66.2 Å². The Bertz CT molecular complexity index is 952. The molecular weight excluding hydrogens is 390 g/mol. The van der Waals surface area contributed by atoms with E-state index in [-0.39, 0.29) is 11.3 Å². The molecule has 1 aromatic carbocycles. The number of hydrogen-bond donors (Lipinski definition) is 1. The fraction of sp³-hybridized carbons (Fsp3) is 0.500. The topological polar surface area (TPSA) is 60.6 Å². The molecule has 2 rings (SSSR count). The van der Waals surface area contributed by atoms with Gasteiger partial charge in [-0.15, -0.1) is 0 Å². The number of allylic oxidation sites excluding steroid dienone is 3. The van der Waals surface area contributed by atoms with Gasteiger partial charge in [0.1, 0.15) is 12.4 Å². The fourth-order valence-corrected chi connectivity index (χ4v) is 3.29. The summed E-state index contributed by atoms with van der Waals surface area (Å²) in [5.41, 5.74) is 2.97. The molecule has 5 nitrogen and oxygen atoms in total. The van der Waals surface area contributed by atoms with E-state index in [1.165, 1.54) is 11.1 Å². The molecule has 1 heterocycles. The van der Waals surface area contributed by atoms with Gasteiger partial charge in [-0.05, 0) is 58.2 Å². The zero-order chi connectivity index (χ0) is 22.6. The van der Waals surface area contributed by atoms with Gasteiger partial charge in [-0.1, -0.05) is 43.4 Å². The van der Waals surface area contributed by atoms with Gasteiger partial charge in [-0.25, -0.2) is 0 Å².